The molecular formula is C24H15N3O2S. The van der Waals surface area contributed by atoms with Gasteiger partial charge >= 0.3 is 0 Å². The molecule has 0 radical (unpaired) electrons. The molecule has 144 valence electrons. The predicted molar refractivity (Wildman–Crippen MR) is 117 cm³/mol. The molecule has 30 heavy (non-hydrogen) atoms. The Morgan fingerprint density at radius 3 is 2.10 bits per heavy atom. The average Bonchev–Trinajstić information content (AvgIpc) is 3.23. The highest BCUT2D eigenvalue weighted by molar-refractivity contribution is 7.18. The fourth-order valence-corrected chi connectivity index (χ4v) is 3.85. The van der Waals surface area contributed by atoms with Crippen LogP contribution in [-0.2, 0) is 0 Å². The van der Waals surface area contributed by atoms with Crippen LogP contribution >= 0.6 is 11.3 Å². The molecule has 0 aliphatic rings. The maximum absolute atomic E-state index is 13.1. The van der Waals surface area contributed by atoms with Crippen LogP contribution in [0.5, 0.6) is 0 Å². The Hall–Kier alpha value is -4.08. The van der Waals surface area contributed by atoms with E-state index < -0.39 is 0 Å². The predicted octanol–water partition coefficient (Wildman–Crippen LogP) is 5.17. The molecule has 3 aromatic carbocycles. The number of aromatic nitrogens is 1. The van der Waals surface area contributed by atoms with Crippen LogP contribution in [-0.4, -0.2) is 16.7 Å². The maximum atomic E-state index is 13.1. The van der Waals surface area contributed by atoms with Gasteiger partial charge in [0, 0.05) is 16.7 Å². The molecule has 0 aliphatic carbocycles. The van der Waals surface area contributed by atoms with E-state index in [0.717, 1.165) is 16.9 Å². The minimum atomic E-state index is -0.355. The molecule has 0 aliphatic heterocycles. The third-order valence-electron chi connectivity index (χ3n) is 4.41. The van der Waals surface area contributed by atoms with Crippen LogP contribution in [0.15, 0.2) is 84.9 Å². The summed E-state index contributed by atoms with van der Waals surface area (Å²) in [6.07, 6.45) is 0. The number of benzene rings is 3. The molecular weight excluding hydrogens is 394 g/mol. The van der Waals surface area contributed by atoms with E-state index in [9.17, 15) is 9.59 Å². The van der Waals surface area contributed by atoms with Crippen LogP contribution < -0.4 is 5.32 Å². The van der Waals surface area contributed by atoms with Crippen LogP contribution in [0.4, 0.5) is 5.13 Å². The average molecular weight is 409 g/mol. The van der Waals surface area contributed by atoms with Crippen molar-refractivity contribution in [3.63, 3.8) is 0 Å². The van der Waals surface area contributed by atoms with E-state index in [1.165, 1.54) is 0 Å². The van der Waals surface area contributed by atoms with Gasteiger partial charge in [-0.15, -0.1) is 0 Å². The number of nitrogens with zero attached hydrogens (tertiary/aromatic N) is 2. The van der Waals surface area contributed by atoms with Gasteiger partial charge in [0.15, 0.2) is 5.13 Å². The zero-order valence-corrected chi connectivity index (χ0v) is 16.5. The first-order chi connectivity index (χ1) is 14.7. The van der Waals surface area contributed by atoms with Crippen LogP contribution in [0.3, 0.4) is 0 Å². The molecule has 4 aromatic rings. The van der Waals surface area contributed by atoms with Crippen LogP contribution in [0, 0.1) is 11.3 Å². The normalized spacial score (nSPS) is 10.2. The monoisotopic (exact) mass is 409 g/mol. The summed E-state index contributed by atoms with van der Waals surface area (Å²) in [7, 11) is 0. The van der Waals surface area contributed by atoms with Crippen molar-refractivity contribution >= 4 is 28.2 Å². The van der Waals surface area contributed by atoms with Crippen molar-refractivity contribution in [1.29, 1.82) is 5.26 Å². The molecule has 0 atom stereocenters. The van der Waals surface area contributed by atoms with Crippen molar-refractivity contribution in [2.75, 3.05) is 5.32 Å². The number of carbonyl (C=O) groups is 2. The zero-order chi connectivity index (χ0) is 20.9. The van der Waals surface area contributed by atoms with E-state index >= 15 is 0 Å². The molecule has 1 amide bonds. The summed E-state index contributed by atoms with van der Waals surface area (Å²) in [6.45, 7) is 0. The van der Waals surface area contributed by atoms with Gasteiger partial charge < -0.3 is 0 Å². The molecule has 1 heterocycles. The summed E-state index contributed by atoms with van der Waals surface area (Å²) in [5, 5.41) is 12.0. The first kappa shape index (κ1) is 19.2. The fraction of sp³-hybridized carbons (Fsp3) is 0. The van der Waals surface area contributed by atoms with Gasteiger partial charge in [0.25, 0.3) is 5.91 Å². The highest BCUT2D eigenvalue weighted by atomic mass is 32.1. The van der Waals surface area contributed by atoms with E-state index in [1.807, 2.05) is 54.6 Å². The Balaban J connectivity index is 1.69. The summed E-state index contributed by atoms with van der Waals surface area (Å²) in [4.78, 5) is 30.7. The molecule has 0 spiro atoms. The number of rotatable bonds is 5. The summed E-state index contributed by atoms with van der Waals surface area (Å²) in [5.74, 6) is -0.502. The highest BCUT2D eigenvalue weighted by Gasteiger charge is 2.21. The van der Waals surface area contributed by atoms with Crippen LogP contribution in [0.25, 0.3) is 11.3 Å². The zero-order valence-electron chi connectivity index (χ0n) is 15.7. The summed E-state index contributed by atoms with van der Waals surface area (Å²) in [5.41, 5.74) is 2.77. The number of thiazole rings is 1. The van der Waals surface area contributed by atoms with Gasteiger partial charge in [-0.25, -0.2) is 4.98 Å². The second-order valence-corrected chi connectivity index (χ2v) is 7.40. The number of nitriles is 1. The molecule has 0 bridgehead atoms. The molecule has 5 nitrogen and oxygen atoms in total. The minimum Gasteiger partial charge on any atom is -0.298 e. The standard InChI is InChI=1S/C24H15N3O2S/c25-15-16-11-13-19(14-12-16)23(29)27-24-26-20(17-7-3-1-4-8-17)22(30-24)21(28)18-9-5-2-6-10-18/h1-14H,(H,26,27,29). The van der Waals surface area contributed by atoms with Crippen molar-refractivity contribution in [3.05, 3.63) is 106 Å². The summed E-state index contributed by atoms with van der Waals surface area (Å²) in [6, 6.07) is 26.7. The van der Waals surface area contributed by atoms with Crippen molar-refractivity contribution in [3.8, 4) is 17.3 Å². The minimum absolute atomic E-state index is 0.147. The second-order valence-electron chi connectivity index (χ2n) is 6.40. The molecule has 6 heteroatoms. The van der Waals surface area contributed by atoms with Crippen molar-refractivity contribution < 1.29 is 9.59 Å². The van der Waals surface area contributed by atoms with Gasteiger partial charge in [-0.3, -0.25) is 14.9 Å². The Morgan fingerprint density at radius 1 is 0.833 bits per heavy atom. The number of nitrogens with one attached hydrogen (secondary N) is 1. The van der Waals surface area contributed by atoms with E-state index in [4.69, 9.17) is 5.26 Å². The largest absolute Gasteiger partial charge is 0.298 e. The lowest BCUT2D eigenvalue weighted by molar-refractivity contribution is 0.102. The molecule has 1 N–H and O–H groups in total. The third kappa shape index (κ3) is 4.02. The Kier molecular flexibility index (Phi) is 5.46. The molecule has 0 saturated heterocycles. The molecule has 0 saturated carbocycles. The smallest absolute Gasteiger partial charge is 0.257 e. The maximum Gasteiger partial charge on any atom is 0.257 e. The lowest BCUT2D eigenvalue weighted by Gasteiger charge is -2.02. The lowest BCUT2D eigenvalue weighted by Crippen LogP contribution is -2.11. The van der Waals surface area contributed by atoms with Crippen molar-refractivity contribution in [2.24, 2.45) is 0 Å². The van der Waals surface area contributed by atoms with Gasteiger partial charge in [-0.2, -0.15) is 5.26 Å². The van der Waals surface area contributed by atoms with Crippen LogP contribution in [0.1, 0.15) is 31.2 Å². The van der Waals surface area contributed by atoms with E-state index in [1.54, 1.807) is 36.4 Å². The molecule has 1 aromatic heterocycles. The van der Waals surface area contributed by atoms with Gasteiger partial charge in [0.2, 0.25) is 5.78 Å². The van der Waals surface area contributed by atoms with Gasteiger partial charge in [0.1, 0.15) is 4.88 Å². The summed E-state index contributed by atoms with van der Waals surface area (Å²) >= 11 is 1.14. The SMILES string of the molecule is N#Cc1ccc(C(=O)Nc2nc(-c3ccccc3)c(C(=O)c3ccccc3)s2)cc1. The number of amides is 1. The second kappa shape index (κ2) is 8.52. The first-order valence-corrected chi connectivity index (χ1v) is 9.95. The fourth-order valence-electron chi connectivity index (χ4n) is 2.91. The van der Waals surface area contributed by atoms with Crippen LogP contribution in [0.2, 0.25) is 0 Å². The number of anilines is 1. The molecule has 0 fully saturated rings. The van der Waals surface area contributed by atoms with Crippen molar-refractivity contribution in [2.45, 2.75) is 0 Å². The van der Waals surface area contributed by atoms with Gasteiger partial charge in [-0.1, -0.05) is 72.0 Å². The topological polar surface area (TPSA) is 82.8 Å². The number of hydrogen-bond donors (Lipinski definition) is 1. The molecule has 0 unspecified atom stereocenters. The number of carbonyl (C=O) groups excluding carboxylic acids is 2. The van der Waals surface area contributed by atoms with E-state index in [-0.39, 0.29) is 11.7 Å². The van der Waals surface area contributed by atoms with Gasteiger partial charge in [0.05, 0.1) is 17.3 Å². The first-order valence-electron chi connectivity index (χ1n) is 9.13. The number of ketones is 1. The Bertz CT molecular complexity index is 1240. The Morgan fingerprint density at radius 2 is 1.47 bits per heavy atom. The highest BCUT2D eigenvalue weighted by Crippen LogP contribution is 2.33. The van der Waals surface area contributed by atoms with Gasteiger partial charge in [-0.05, 0) is 24.3 Å². The number of hydrogen-bond acceptors (Lipinski definition) is 5. The van der Waals surface area contributed by atoms with E-state index in [2.05, 4.69) is 10.3 Å². The third-order valence-corrected chi connectivity index (χ3v) is 5.38. The molecule has 4 rings (SSSR count). The lowest BCUT2D eigenvalue weighted by atomic mass is 10.1. The van der Waals surface area contributed by atoms with Crippen molar-refractivity contribution in [1.82, 2.24) is 4.98 Å². The van der Waals surface area contributed by atoms with E-state index in [0.29, 0.717) is 32.4 Å². The quantitative estimate of drug-likeness (QED) is 0.461. The summed E-state index contributed by atoms with van der Waals surface area (Å²) < 4.78 is 0. The Labute approximate surface area is 177 Å².